The van der Waals surface area contributed by atoms with Gasteiger partial charge >= 0.3 is 0 Å². The Kier molecular flexibility index (Phi) is 8.00. The number of hydrogen-bond donors (Lipinski definition) is 2. The Morgan fingerprint density at radius 2 is 1.87 bits per heavy atom. The minimum absolute atomic E-state index is 0.0388. The predicted octanol–water partition coefficient (Wildman–Crippen LogP) is 6.71. The molecule has 39 heavy (non-hydrogen) atoms. The van der Waals surface area contributed by atoms with E-state index in [1.54, 1.807) is 6.20 Å². The maximum Gasteiger partial charge on any atom is 0.226 e. The molecule has 6 nitrogen and oxygen atoms in total. The van der Waals surface area contributed by atoms with E-state index in [0.717, 1.165) is 46.0 Å². The average Bonchev–Trinajstić information content (AvgIpc) is 3.42. The van der Waals surface area contributed by atoms with Gasteiger partial charge in [-0.05, 0) is 86.1 Å². The number of benzene rings is 2. The van der Waals surface area contributed by atoms with Crippen LogP contribution in [0, 0.1) is 13.8 Å². The maximum atomic E-state index is 13.1. The smallest absolute Gasteiger partial charge is 0.226 e. The first-order valence-electron chi connectivity index (χ1n) is 13.2. The quantitative estimate of drug-likeness (QED) is 0.236. The van der Waals surface area contributed by atoms with Gasteiger partial charge in [0.2, 0.25) is 5.91 Å². The van der Waals surface area contributed by atoms with Gasteiger partial charge in [-0.1, -0.05) is 48.9 Å². The molecular formula is C31H32ClN5OS. The summed E-state index contributed by atoms with van der Waals surface area (Å²) in [5, 5.41) is 7.89. The topological polar surface area (TPSA) is 62.2 Å². The van der Waals surface area contributed by atoms with Crippen LogP contribution in [0.3, 0.4) is 0 Å². The molecule has 2 aromatic carbocycles. The largest absolute Gasteiger partial charge is 0.352 e. The summed E-state index contributed by atoms with van der Waals surface area (Å²) in [6, 6.07) is 23.6. The number of amides is 1. The number of aromatic nitrogens is 2. The van der Waals surface area contributed by atoms with E-state index < -0.39 is 0 Å². The molecule has 0 spiro atoms. The maximum absolute atomic E-state index is 13.1. The molecule has 0 saturated carbocycles. The van der Waals surface area contributed by atoms with Gasteiger partial charge < -0.3 is 20.1 Å². The van der Waals surface area contributed by atoms with Crippen LogP contribution in [0.15, 0.2) is 79.0 Å². The normalized spacial score (nSPS) is 16.8. The minimum Gasteiger partial charge on any atom is -0.352 e. The van der Waals surface area contributed by atoms with Crippen molar-refractivity contribution in [3.8, 4) is 5.69 Å². The Morgan fingerprint density at radius 3 is 2.62 bits per heavy atom. The molecule has 0 bridgehead atoms. The molecule has 4 aromatic rings. The highest BCUT2D eigenvalue weighted by Crippen LogP contribution is 2.41. The number of aryl methyl sites for hydroxylation is 2. The molecule has 5 rings (SSSR count). The highest BCUT2D eigenvalue weighted by molar-refractivity contribution is 7.80. The van der Waals surface area contributed by atoms with Crippen molar-refractivity contribution < 1.29 is 4.79 Å². The van der Waals surface area contributed by atoms with Gasteiger partial charge in [-0.15, -0.1) is 0 Å². The van der Waals surface area contributed by atoms with Crippen molar-refractivity contribution in [2.75, 3.05) is 11.9 Å². The Balaban J connectivity index is 1.47. The highest BCUT2D eigenvalue weighted by Gasteiger charge is 2.41. The molecule has 1 aliphatic rings. The average molecular weight is 558 g/mol. The zero-order valence-corrected chi connectivity index (χ0v) is 23.9. The SMILES string of the molecule is CCc1ccccc1NC(=O)CCN1C(=S)N[C@@H](c2ccccn2)[C@@H]1c1cc(C)n(-c2cccc(Cl)c2)c1C. The zero-order valence-electron chi connectivity index (χ0n) is 22.3. The van der Waals surface area contributed by atoms with E-state index in [-0.39, 0.29) is 18.0 Å². The lowest BCUT2D eigenvalue weighted by Gasteiger charge is -2.28. The number of para-hydroxylation sites is 1. The second-order valence-corrected chi connectivity index (χ2v) is 10.6. The molecule has 2 aromatic heterocycles. The lowest BCUT2D eigenvalue weighted by molar-refractivity contribution is -0.116. The number of nitrogens with zero attached hydrogens (tertiary/aromatic N) is 3. The number of carbonyl (C=O) groups is 1. The van der Waals surface area contributed by atoms with E-state index in [1.807, 2.05) is 60.7 Å². The van der Waals surface area contributed by atoms with Crippen LogP contribution in [0.4, 0.5) is 5.69 Å². The first kappa shape index (κ1) is 26.9. The molecule has 1 saturated heterocycles. The first-order valence-corrected chi connectivity index (χ1v) is 14.0. The van der Waals surface area contributed by atoms with Gasteiger partial charge in [-0.25, -0.2) is 0 Å². The first-order chi connectivity index (χ1) is 18.9. The zero-order chi connectivity index (χ0) is 27.5. The third-order valence-electron chi connectivity index (χ3n) is 7.31. The van der Waals surface area contributed by atoms with Crippen LogP contribution in [-0.2, 0) is 11.2 Å². The van der Waals surface area contributed by atoms with Crippen molar-refractivity contribution in [1.29, 1.82) is 0 Å². The molecular weight excluding hydrogens is 526 g/mol. The van der Waals surface area contributed by atoms with Crippen molar-refractivity contribution in [2.45, 2.75) is 45.7 Å². The number of thiocarbonyl (C=S) groups is 1. The Morgan fingerprint density at radius 1 is 1.08 bits per heavy atom. The van der Waals surface area contributed by atoms with E-state index in [2.05, 4.69) is 58.0 Å². The fraction of sp³-hybridized carbons (Fsp3) is 0.258. The van der Waals surface area contributed by atoms with Crippen LogP contribution in [0.1, 0.15) is 53.6 Å². The highest BCUT2D eigenvalue weighted by atomic mass is 35.5. The van der Waals surface area contributed by atoms with Gasteiger partial charge in [-0.2, -0.15) is 0 Å². The fourth-order valence-electron chi connectivity index (χ4n) is 5.47. The lowest BCUT2D eigenvalue weighted by Crippen LogP contribution is -2.33. The summed E-state index contributed by atoms with van der Waals surface area (Å²) >= 11 is 12.2. The van der Waals surface area contributed by atoms with E-state index in [1.165, 1.54) is 0 Å². The third-order valence-corrected chi connectivity index (χ3v) is 7.89. The van der Waals surface area contributed by atoms with Gasteiger partial charge in [0, 0.05) is 46.9 Å². The van der Waals surface area contributed by atoms with E-state index in [9.17, 15) is 4.79 Å². The molecule has 0 radical (unpaired) electrons. The molecule has 0 unspecified atom stereocenters. The Hall–Kier alpha value is -3.68. The lowest BCUT2D eigenvalue weighted by atomic mass is 9.96. The molecule has 3 heterocycles. The second kappa shape index (κ2) is 11.6. The summed E-state index contributed by atoms with van der Waals surface area (Å²) in [5.41, 5.74) is 7.21. The molecule has 0 aliphatic carbocycles. The third kappa shape index (κ3) is 5.56. The minimum atomic E-state index is -0.157. The summed E-state index contributed by atoms with van der Waals surface area (Å²) in [4.78, 5) is 19.8. The summed E-state index contributed by atoms with van der Waals surface area (Å²) in [6.07, 6.45) is 2.96. The second-order valence-electron chi connectivity index (χ2n) is 9.77. The summed E-state index contributed by atoms with van der Waals surface area (Å²) < 4.78 is 2.21. The van der Waals surface area contributed by atoms with Gasteiger partial charge in [-0.3, -0.25) is 9.78 Å². The van der Waals surface area contributed by atoms with E-state index in [4.69, 9.17) is 23.8 Å². The Bertz CT molecular complexity index is 1500. The molecule has 1 amide bonds. The fourth-order valence-corrected chi connectivity index (χ4v) is 5.99. The van der Waals surface area contributed by atoms with Crippen LogP contribution >= 0.6 is 23.8 Å². The van der Waals surface area contributed by atoms with Gasteiger partial charge in [0.25, 0.3) is 0 Å². The van der Waals surface area contributed by atoms with E-state index >= 15 is 0 Å². The Labute approximate surface area is 240 Å². The number of pyridine rings is 1. The van der Waals surface area contributed by atoms with Gasteiger partial charge in [0.05, 0.1) is 17.8 Å². The molecule has 8 heteroatoms. The number of anilines is 1. The predicted molar refractivity (Wildman–Crippen MR) is 161 cm³/mol. The van der Waals surface area contributed by atoms with Crippen LogP contribution in [-0.4, -0.2) is 32.0 Å². The van der Waals surface area contributed by atoms with Crippen LogP contribution in [0.5, 0.6) is 0 Å². The van der Waals surface area contributed by atoms with Crippen LogP contribution in [0.2, 0.25) is 5.02 Å². The summed E-state index contributed by atoms with van der Waals surface area (Å²) in [6.45, 7) is 6.77. The van der Waals surface area contributed by atoms with Gasteiger partial charge in [0.15, 0.2) is 5.11 Å². The number of nitrogens with one attached hydrogen (secondary N) is 2. The number of hydrogen-bond acceptors (Lipinski definition) is 3. The number of carbonyl (C=O) groups excluding carboxylic acids is 1. The van der Waals surface area contributed by atoms with Crippen molar-refractivity contribution in [3.05, 3.63) is 112 Å². The molecule has 2 atom stereocenters. The van der Waals surface area contributed by atoms with E-state index in [0.29, 0.717) is 23.1 Å². The monoisotopic (exact) mass is 557 g/mol. The van der Waals surface area contributed by atoms with Crippen LogP contribution < -0.4 is 10.6 Å². The summed E-state index contributed by atoms with van der Waals surface area (Å²) in [5.74, 6) is -0.0388. The van der Waals surface area contributed by atoms with Crippen molar-refractivity contribution in [2.24, 2.45) is 0 Å². The van der Waals surface area contributed by atoms with Crippen molar-refractivity contribution >= 4 is 40.5 Å². The standard InChI is InChI=1S/C31H32ClN5OS/c1-4-22-10-5-6-13-26(22)34-28(38)15-17-36-30(29(35-31(36)39)27-14-7-8-16-33-27)25-18-20(2)37(21(25)3)24-12-9-11-23(32)19-24/h5-14,16,18-19,29-30H,4,15,17H2,1-3H3,(H,34,38)(H,35,39)/t29-,30-/m0/s1. The van der Waals surface area contributed by atoms with Gasteiger partial charge in [0.1, 0.15) is 0 Å². The van der Waals surface area contributed by atoms with Crippen LogP contribution in [0.25, 0.3) is 5.69 Å². The molecule has 2 N–H and O–H groups in total. The number of halogens is 1. The number of rotatable bonds is 8. The van der Waals surface area contributed by atoms with Crippen molar-refractivity contribution in [1.82, 2.24) is 19.8 Å². The van der Waals surface area contributed by atoms with Crippen molar-refractivity contribution in [3.63, 3.8) is 0 Å². The molecule has 200 valence electrons. The molecule has 1 aliphatic heterocycles. The summed E-state index contributed by atoms with van der Waals surface area (Å²) in [7, 11) is 0. The molecule has 1 fully saturated rings.